The normalized spacial score (nSPS) is 18.8. The number of carbonyl (C=O) groups is 1. The molecule has 0 spiro atoms. The van der Waals surface area contributed by atoms with Crippen LogP contribution < -0.4 is 5.32 Å². The molecule has 1 N–H and O–H groups in total. The van der Waals surface area contributed by atoms with E-state index in [2.05, 4.69) is 24.1 Å². The largest absolute Gasteiger partial charge is 0.444 e. The highest BCUT2D eigenvalue weighted by Crippen LogP contribution is 2.16. The van der Waals surface area contributed by atoms with E-state index in [9.17, 15) is 4.79 Å². The van der Waals surface area contributed by atoms with Crippen molar-refractivity contribution in [1.82, 2.24) is 15.1 Å². The number of hydrogen-bond donors (Lipinski definition) is 1. The van der Waals surface area contributed by atoms with E-state index in [0.29, 0.717) is 0 Å². The molecule has 5 heteroatoms. The van der Waals surface area contributed by atoms with E-state index in [1.54, 1.807) is 0 Å². The Balaban J connectivity index is 2.30. The summed E-state index contributed by atoms with van der Waals surface area (Å²) in [5, 5.41) is 3.57. The van der Waals surface area contributed by atoms with Gasteiger partial charge in [-0.15, -0.1) is 0 Å². The Kier molecular flexibility index (Phi) is 9.67. The summed E-state index contributed by atoms with van der Waals surface area (Å²) in [5.74, 6) is 0.753. The molecule has 1 amide bonds. The summed E-state index contributed by atoms with van der Waals surface area (Å²) >= 11 is 0. The Morgan fingerprint density at radius 3 is 2.62 bits per heavy atom. The number of unbranched alkanes of at least 4 members (excludes halogenated alkanes) is 1. The van der Waals surface area contributed by atoms with Gasteiger partial charge in [0.25, 0.3) is 0 Å². The predicted octanol–water partition coefficient (Wildman–Crippen LogP) is 3.35. The van der Waals surface area contributed by atoms with Crippen LogP contribution in [0.4, 0.5) is 4.79 Å². The first kappa shape index (κ1) is 21.2. The van der Waals surface area contributed by atoms with Gasteiger partial charge in [-0.25, -0.2) is 4.79 Å². The monoisotopic (exact) mass is 341 g/mol. The highest BCUT2D eigenvalue weighted by molar-refractivity contribution is 5.68. The van der Waals surface area contributed by atoms with E-state index in [1.165, 1.54) is 19.3 Å². The van der Waals surface area contributed by atoms with Crippen LogP contribution in [0.2, 0.25) is 0 Å². The first-order valence-corrected chi connectivity index (χ1v) is 9.76. The van der Waals surface area contributed by atoms with Crippen molar-refractivity contribution in [2.24, 2.45) is 5.92 Å². The summed E-state index contributed by atoms with van der Waals surface area (Å²) < 4.78 is 5.52. The van der Waals surface area contributed by atoms with Crippen molar-refractivity contribution in [1.29, 1.82) is 0 Å². The van der Waals surface area contributed by atoms with Crippen LogP contribution in [0.25, 0.3) is 0 Å². The molecule has 1 saturated heterocycles. The molecule has 0 bridgehead atoms. The van der Waals surface area contributed by atoms with E-state index < -0.39 is 5.60 Å². The van der Waals surface area contributed by atoms with Gasteiger partial charge in [-0.1, -0.05) is 20.3 Å². The number of likely N-dealkylation sites (tertiary alicyclic amines) is 1. The molecular formula is C19H39N3O2. The lowest BCUT2D eigenvalue weighted by atomic mass is 10.1. The molecule has 1 rings (SSSR count). The molecule has 142 valence electrons. The maximum Gasteiger partial charge on any atom is 0.410 e. The van der Waals surface area contributed by atoms with Crippen LogP contribution in [0, 0.1) is 5.92 Å². The molecule has 1 aliphatic rings. The van der Waals surface area contributed by atoms with Crippen LogP contribution in [-0.4, -0.2) is 67.3 Å². The van der Waals surface area contributed by atoms with E-state index in [-0.39, 0.29) is 6.09 Å². The molecule has 0 aromatic heterocycles. The van der Waals surface area contributed by atoms with Crippen molar-refractivity contribution >= 4 is 6.09 Å². The van der Waals surface area contributed by atoms with Gasteiger partial charge in [-0.05, 0) is 65.6 Å². The molecule has 0 aromatic carbocycles. The van der Waals surface area contributed by atoms with E-state index >= 15 is 0 Å². The average Bonchev–Trinajstić information content (AvgIpc) is 2.94. The van der Waals surface area contributed by atoms with Crippen LogP contribution in [-0.2, 0) is 4.74 Å². The zero-order chi connectivity index (χ0) is 18.0. The number of rotatable bonds is 10. The van der Waals surface area contributed by atoms with Crippen LogP contribution in [0.15, 0.2) is 0 Å². The fourth-order valence-corrected chi connectivity index (χ4v) is 3.04. The summed E-state index contributed by atoms with van der Waals surface area (Å²) in [5.41, 5.74) is -0.425. The van der Waals surface area contributed by atoms with Gasteiger partial charge in [0.05, 0.1) is 0 Å². The van der Waals surface area contributed by atoms with Crippen molar-refractivity contribution in [2.45, 2.75) is 65.9 Å². The van der Waals surface area contributed by atoms with Gasteiger partial charge >= 0.3 is 6.09 Å². The molecule has 1 aliphatic heterocycles. The number of hydrogen-bond acceptors (Lipinski definition) is 4. The lowest BCUT2D eigenvalue weighted by Crippen LogP contribution is -2.41. The second-order valence-corrected chi connectivity index (χ2v) is 7.98. The van der Waals surface area contributed by atoms with Crippen molar-refractivity contribution in [2.75, 3.05) is 45.8 Å². The Hall–Kier alpha value is -0.810. The van der Waals surface area contributed by atoms with Gasteiger partial charge in [0.15, 0.2) is 0 Å². The SMILES string of the molecule is CCCCNCC1CCN(CCN(CCC)C(=O)OC(C)(C)C)C1. The van der Waals surface area contributed by atoms with Crippen LogP contribution in [0.1, 0.15) is 60.3 Å². The third-order valence-corrected chi connectivity index (χ3v) is 4.34. The highest BCUT2D eigenvalue weighted by Gasteiger charge is 2.25. The topological polar surface area (TPSA) is 44.8 Å². The molecular weight excluding hydrogens is 302 g/mol. The minimum atomic E-state index is -0.425. The number of nitrogens with one attached hydrogen (secondary N) is 1. The minimum absolute atomic E-state index is 0.179. The fraction of sp³-hybridized carbons (Fsp3) is 0.947. The maximum atomic E-state index is 12.3. The molecule has 1 heterocycles. The zero-order valence-corrected chi connectivity index (χ0v) is 16.6. The molecule has 5 nitrogen and oxygen atoms in total. The summed E-state index contributed by atoms with van der Waals surface area (Å²) in [6.45, 7) is 17.1. The molecule has 0 aromatic rings. The molecule has 1 unspecified atom stereocenters. The van der Waals surface area contributed by atoms with Crippen LogP contribution in [0.3, 0.4) is 0 Å². The molecule has 24 heavy (non-hydrogen) atoms. The third-order valence-electron chi connectivity index (χ3n) is 4.34. The zero-order valence-electron chi connectivity index (χ0n) is 16.6. The summed E-state index contributed by atoms with van der Waals surface area (Å²) in [7, 11) is 0. The molecule has 1 fully saturated rings. The van der Waals surface area contributed by atoms with Gasteiger partial charge < -0.3 is 19.9 Å². The van der Waals surface area contributed by atoms with Gasteiger partial charge in [0, 0.05) is 26.2 Å². The fourth-order valence-electron chi connectivity index (χ4n) is 3.04. The quantitative estimate of drug-likeness (QED) is 0.619. The number of amides is 1. The lowest BCUT2D eigenvalue weighted by molar-refractivity contribution is 0.0235. The van der Waals surface area contributed by atoms with Gasteiger partial charge in [-0.3, -0.25) is 0 Å². The number of ether oxygens (including phenoxy) is 1. The standard InChI is InChI=1S/C19H39N3O2/c1-6-8-10-20-15-17-9-12-21(16-17)13-14-22(11-7-2)18(23)24-19(3,4)5/h17,20H,6-16H2,1-5H3. The van der Waals surface area contributed by atoms with Crippen molar-refractivity contribution < 1.29 is 9.53 Å². The van der Waals surface area contributed by atoms with Crippen LogP contribution >= 0.6 is 0 Å². The summed E-state index contributed by atoms with van der Waals surface area (Å²) in [6.07, 6.45) is 4.56. The third kappa shape index (κ3) is 8.88. The Morgan fingerprint density at radius 2 is 2.00 bits per heavy atom. The lowest BCUT2D eigenvalue weighted by Gasteiger charge is -2.28. The Labute approximate surface area is 149 Å². The van der Waals surface area contributed by atoms with Crippen molar-refractivity contribution in [3.8, 4) is 0 Å². The smallest absolute Gasteiger partial charge is 0.410 e. The maximum absolute atomic E-state index is 12.3. The second-order valence-electron chi connectivity index (χ2n) is 7.98. The van der Waals surface area contributed by atoms with E-state index in [4.69, 9.17) is 4.74 Å². The molecule has 0 aliphatic carbocycles. The second kappa shape index (κ2) is 10.9. The molecule has 1 atom stereocenters. The number of nitrogens with zero attached hydrogens (tertiary/aromatic N) is 2. The van der Waals surface area contributed by atoms with Gasteiger partial charge in [0.1, 0.15) is 5.60 Å². The van der Waals surface area contributed by atoms with Crippen LogP contribution in [0.5, 0.6) is 0 Å². The van der Waals surface area contributed by atoms with E-state index in [1.807, 2.05) is 25.7 Å². The Bertz CT molecular complexity index is 355. The average molecular weight is 342 g/mol. The first-order valence-electron chi connectivity index (χ1n) is 9.76. The van der Waals surface area contributed by atoms with E-state index in [0.717, 1.165) is 58.2 Å². The predicted molar refractivity (Wildman–Crippen MR) is 100 cm³/mol. The summed E-state index contributed by atoms with van der Waals surface area (Å²) in [6, 6.07) is 0. The number of carbonyl (C=O) groups excluding carboxylic acids is 1. The van der Waals surface area contributed by atoms with Crippen molar-refractivity contribution in [3.63, 3.8) is 0 Å². The molecule has 0 saturated carbocycles. The first-order chi connectivity index (χ1) is 11.4. The Morgan fingerprint density at radius 1 is 1.25 bits per heavy atom. The summed E-state index contributed by atoms with van der Waals surface area (Å²) in [4.78, 5) is 16.6. The highest BCUT2D eigenvalue weighted by atomic mass is 16.6. The van der Waals surface area contributed by atoms with Gasteiger partial charge in [0.2, 0.25) is 0 Å². The van der Waals surface area contributed by atoms with Gasteiger partial charge in [-0.2, -0.15) is 0 Å². The minimum Gasteiger partial charge on any atom is -0.444 e. The molecule has 0 radical (unpaired) electrons. The van der Waals surface area contributed by atoms with Crippen molar-refractivity contribution in [3.05, 3.63) is 0 Å².